The van der Waals surface area contributed by atoms with Crippen molar-refractivity contribution in [1.82, 2.24) is 0 Å². The van der Waals surface area contributed by atoms with Crippen molar-refractivity contribution in [3.8, 4) is 0 Å². The van der Waals surface area contributed by atoms with Crippen molar-refractivity contribution < 1.29 is 30.7 Å². The zero-order valence-electron chi connectivity index (χ0n) is 11.4. The first-order valence-corrected chi connectivity index (χ1v) is 9.25. The first kappa shape index (κ1) is 18.0. The van der Waals surface area contributed by atoms with Gasteiger partial charge in [-0.05, 0) is 31.5 Å². The van der Waals surface area contributed by atoms with Crippen LogP contribution in [0.5, 0.6) is 0 Å². The third-order valence-electron chi connectivity index (χ3n) is 3.10. The number of aliphatic hydroxyl groups is 1. The van der Waals surface area contributed by atoms with Gasteiger partial charge in [-0.3, -0.25) is 0 Å². The van der Waals surface area contributed by atoms with Crippen LogP contribution in [0.1, 0.15) is 19.4 Å². The Morgan fingerprint density at radius 1 is 1.05 bits per heavy atom. The Labute approximate surface area is 122 Å². The highest BCUT2D eigenvalue weighted by molar-refractivity contribution is 7.91. The molecule has 0 aliphatic heterocycles. The van der Waals surface area contributed by atoms with E-state index in [2.05, 4.69) is 0 Å². The molecule has 9 heteroatoms. The summed E-state index contributed by atoms with van der Waals surface area (Å²) in [5.41, 5.74) is 0.260. The summed E-state index contributed by atoms with van der Waals surface area (Å²) >= 11 is 0. The topological polar surface area (TPSA) is 88.5 Å². The van der Waals surface area contributed by atoms with Crippen LogP contribution in [0.4, 0.5) is 8.78 Å². The molecule has 0 aliphatic rings. The van der Waals surface area contributed by atoms with E-state index in [1.807, 2.05) is 0 Å². The molecule has 0 saturated carbocycles. The lowest BCUT2D eigenvalue weighted by molar-refractivity contribution is 0.193. The van der Waals surface area contributed by atoms with Crippen LogP contribution >= 0.6 is 0 Å². The lowest BCUT2D eigenvalue weighted by atomic mass is 10.2. The second-order valence-electron chi connectivity index (χ2n) is 4.70. The lowest BCUT2D eigenvalue weighted by Gasteiger charge is -2.15. The van der Waals surface area contributed by atoms with E-state index in [4.69, 9.17) is 0 Å². The highest BCUT2D eigenvalue weighted by atomic mass is 32.2. The van der Waals surface area contributed by atoms with Crippen LogP contribution < -0.4 is 0 Å². The fourth-order valence-electron chi connectivity index (χ4n) is 1.54. The van der Waals surface area contributed by atoms with Crippen molar-refractivity contribution in [2.24, 2.45) is 0 Å². The van der Waals surface area contributed by atoms with E-state index >= 15 is 0 Å². The molecule has 120 valence electrons. The molecule has 0 spiro atoms. The molecule has 5 nitrogen and oxygen atoms in total. The fraction of sp³-hybridized carbons (Fsp3) is 0.500. The summed E-state index contributed by atoms with van der Waals surface area (Å²) in [7, 11) is -8.31. The molecule has 0 saturated heterocycles. The minimum atomic E-state index is -4.69. The van der Waals surface area contributed by atoms with Gasteiger partial charge in [0.2, 0.25) is 9.84 Å². The van der Waals surface area contributed by atoms with Crippen molar-refractivity contribution in [2.45, 2.75) is 41.6 Å². The van der Waals surface area contributed by atoms with Crippen molar-refractivity contribution in [3.05, 3.63) is 29.8 Å². The van der Waals surface area contributed by atoms with Gasteiger partial charge in [-0.1, -0.05) is 12.1 Å². The number of halogens is 2. The Hall–Kier alpha value is -1.06. The summed E-state index contributed by atoms with van der Waals surface area (Å²) < 4.78 is 71.0. The summed E-state index contributed by atoms with van der Waals surface area (Å²) in [6.07, 6.45) is -1.05. The Morgan fingerprint density at radius 2 is 1.52 bits per heavy atom. The molecule has 0 fully saturated rings. The molecule has 0 bridgehead atoms. The van der Waals surface area contributed by atoms with Crippen LogP contribution in [0, 0.1) is 0 Å². The maximum absolute atomic E-state index is 12.4. The normalized spacial score (nSPS) is 15.9. The molecule has 0 amide bonds. The monoisotopic (exact) mass is 342 g/mol. The van der Waals surface area contributed by atoms with E-state index < -0.39 is 47.4 Å². The number of alkyl halides is 2. The lowest BCUT2D eigenvalue weighted by Crippen LogP contribution is -2.30. The second kappa shape index (κ2) is 6.37. The van der Waals surface area contributed by atoms with Crippen LogP contribution in [-0.4, -0.2) is 39.1 Å². The number of hydrogen-bond donors (Lipinski definition) is 1. The van der Waals surface area contributed by atoms with Gasteiger partial charge >= 0.3 is 5.76 Å². The Kier molecular flexibility index (Phi) is 5.46. The van der Waals surface area contributed by atoms with E-state index in [0.29, 0.717) is 0 Å². The zero-order valence-corrected chi connectivity index (χ0v) is 13.0. The quantitative estimate of drug-likeness (QED) is 0.843. The third-order valence-corrected chi connectivity index (χ3v) is 6.76. The van der Waals surface area contributed by atoms with Gasteiger partial charge < -0.3 is 5.11 Å². The van der Waals surface area contributed by atoms with Crippen LogP contribution in [0.2, 0.25) is 0 Å². The maximum Gasteiger partial charge on any atom is 0.341 e. The van der Waals surface area contributed by atoms with E-state index in [1.165, 1.54) is 26.0 Å². The zero-order chi connectivity index (χ0) is 16.4. The van der Waals surface area contributed by atoms with Gasteiger partial charge in [0.15, 0.2) is 9.84 Å². The second-order valence-corrected chi connectivity index (χ2v) is 8.98. The van der Waals surface area contributed by atoms with Gasteiger partial charge in [0.25, 0.3) is 0 Å². The minimum Gasteiger partial charge on any atom is -0.392 e. The molecule has 0 aliphatic carbocycles. The summed E-state index contributed by atoms with van der Waals surface area (Å²) in [5, 5.41) is 8.32. The number of sulfone groups is 2. The predicted octanol–water partition coefficient (Wildman–Crippen LogP) is 1.37. The van der Waals surface area contributed by atoms with E-state index in [0.717, 1.165) is 12.1 Å². The molecular formula is C12H16F2O5S2. The number of aliphatic hydroxyl groups excluding tert-OH is 1. The molecule has 1 aromatic rings. The summed E-state index contributed by atoms with van der Waals surface area (Å²) in [5.74, 6) is -3.93. The van der Waals surface area contributed by atoms with Gasteiger partial charge in [-0.2, -0.15) is 8.78 Å². The molecule has 21 heavy (non-hydrogen) atoms. The molecule has 2 unspecified atom stereocenters. The molecule has 1 N–H and O–H groups in total. The van der Waals surface area contributed by atoms with E-state index in [9.17, 15) is 30.7 Å². The average Bonchev–Trinajstić information content (AvgIpc) is 2.37. The number of hydrogen-bond acceptors (Lipinski definition) is 5. The Bertz CT molecular complexity index is 679. The summed E-state index contributed by atoms with van der Waals surface area (Å²) in [6.45, 7) is 2.70. The number of rotatable bonds is 6. The van der Waals surface area contributed by atoms with Gasteiger partial charge in [-0.25, -0.2) is 16.8 Å². The van der Waals surface area contributed by atoms with E-state index in [-0.39, 0.29) is 5.56 Å². The van der Waals surface area contributed by atoms with Crippen molar-refractivity contribution >= 4 is 19.7 Å². The predicted molar refractivity (Wildman–Crippen MR) is 73.4 cm³/mol. The smallest absolute Gasteiger partial charge is 0.341 e. The maximum atomic E-state index is 12.4. The van der Waals surface area contributed by atoms with Crippen molar-refractivity contribution in [1.29, 1.82) is 0 Å². The van der Waals surface area contributed by atoms with Crippen molar-refractivity contribution in [3.63, 3.8) is 0 Å². The Morgan fingerprint density at radius 3 is 1.90 bits per heavy atom. The highest BCUT2D eigenvalue weighted by Crippen LogP contribution is 2.20. The first-order chi connectivity index (χ1) is 9.48. The van der Waals surface area contributed by atoms with E-state index in [1.54, 1.807) is 0 Å². The Balaban J connectivity index is 3.00. The molecule has 1 aromatic carbocycles. The standard InChI is InChI=1S/C12H16F2O5S2/c1-8(15)9(2)20(16,17)7-10-3-5-11(6-4-10)21(18,19)12(13)14/h3-6,8-9,12,15H,7H2,1-2H3. The van der Waals surface area contributed by atoms with Gasteiger partial charge in [0, 0.05) is 0 Å². The summed E-state index contributed by atoms with van der Waals surface area (Å²) in [6, 6.07) is 4.22. The van der Waals surface area contributed by atoms with Crippen LogP contribution in [0.25, 0.3) is 0 Å². The number of benzene rings is 1. The first-order valence-electron chi connectivity index (χ1n) is 5.99. The largest absolute Gasteiger partial charge is 0.392 e. The highest BCUT2D eigenvalue weighted by Gasteiger charge is 2.28. The van der Waals surface area contributed by atoms with Gasteiger partial charge in [0.05, 0.1) is 22.0 Å². The minimum absolute atomic E-state index is 0.260. The van der Waals surface area contributed by atoms with Crippen molar-refractivity contribution in [2.75, 3.05) is 0 Å². The third kappa shape index (κ3) is 4.21. The van der Waals surface area contributed by atoms with Crippen LogP contribution in [-0.2, 0) is 25.4 Å². The van der Waals surface area contributed by atoms with Gasteiger partial charge in [0.1, 0.15) is 0 Å². The average molecular weight is 342 g/mol. The van der Waals surface area contributed by atoms with Crippen LogP contribution in [0.3, 0.4) is 0 Å². The van der Waals surface area contributed by atoms with Crippen LogP contribution in [0.15, 0.2) is 29.2 Å². The van der Waals surface area contributed by atoms with Gasteiger partial charge in [-0.15, -0.1) is 0 Å². The SMILES string of the molecule is CC(O)C(C)S(=O)(=O)Cc1ccc(S(=O)(=O)C(F)F)cc1. The fourth-order valence-corrected chi connectivity index (χ4v) is 3.78. The molecule has 1 rings (SSSR count). The molecule has 2 atom stereocenters. The molecule has 0 heterocycles. The molecule has 0 aromatic heterocycles. The molecule has 0 radical (unpaired) electrons. The molecular weight excluding hydrogens is 326 g/mol. The summed E-state index contributed by atoms with van der Waals surface area (Å²) in [4.78, 5) is -0.567.